The molecule has 1 aliphatic heterocycles. The van der Waals surface area contributed by atoms with Gasteiger partial charge in [-0.25, -0.2) is 4.98 Å². The third-order valence-electron chi connectivity index (χ3n) is 3.18. The number of aromatic nitrogens is 2. The number of rotatable bonds is 3. The molecule has 0 bridgehead atoms. The van der Waals surface area contributed by atoms with Gasteiger partial charge in [-0.1, -0.05) is 25.4 Å². The Bertz CT molecular complexity index is 550. The van der Waals surface area contributed by atoms with Gasteiger partial charge in [-0.3, -0.25) is 14.2 Å². The Labute approximate surface area is 122 Å². The summed E-state index contributed by atoms with van der Waals surface area (Å²) < 4.78 is 6.61. The minimum Gasteiger partial charge on any atom is -0.378 e. The number of ether oxygens (including phenoxy) is 1. The van der Waals surface area contributed by atoms with E-state index in [1.807, 2.05) is 13.8 Å². The van der Waals surface area contributed by atoms with Crippen molar-refractivity contribution in [3.63, 3.8) is 0 Å². The van der Waals surface area contributed by atoms with Crippen LogP contribution in [0.15, 0.2) is 10.9 Å². The first-order valence-corrected chi connectivity index (χ1v) is 6.99. The van der Waals surface area contributed by atoms with Crippen molar-refractivity contribution in [1.29, 1.82) is 0 Å². The first kappa shape index (κ1) is 15.0. The molecule has 1 aromatic rings. The van der Waals surface area contributed by atoms with E-state index in [9.17, 15) is 9.59 Å². The molecular formula is C13H18ClN3O3. The molecule has 0 unspecified atom stereocenters. The lowest BCUT2D eigenvalue weighted by atomic mass is 10.2. The maximum Gasteiger partial charge on any atom is 0.255 e. The predicted molar refractivity (Wildman–Crippen MR) is 75.0 cm³/mol. The molecule has 6 nitrogen and oxygen atoms in total. The number of hydrogen-bond donors (Lipinski definition) is 0. The second-order valence-corrected chi connectivity index (χ2v) is 5.40. The van der Waals surface area contributed by atoms with E-state index in [4.69, 9.17) is 16.3 Å². The van der Waals surface area contributed by atoms with Gasteiger partial charge in [0.15, 0.2) is 0 Å². The molecule has 1 saturated heterocycles. The van der Waals surface area contributed by atoms with Gasteiger partial charge in [0.2, 0.25) is 5.91 Å². The molecular weight excluding hydrogens is 282 g/mol. The SMILES string of the molecule is CC(C)c1nc(Cl)cc(=O)n1CC(=O)N1CCOCC1. The summed E-state index contributed by atoms with van der Waals surface area (Å²) in [5.41, 5.74) is -0.296. The van der Waals surface area contributed by atoms with Crippen LogP contribution in [0.1, 0.15) is 25.6 Å². The van der Waals surface area contributed by atoms with E-state index in [2.05, 4.69) is 4.98 Å². The molecule has 0 N–H and O–H groups in total. The van der Waals surface area contributed by atoms with E-state index in [0.717, 1.165) is 0 Å². The average molecular weight is 300 g/mol. The fourth-order valence-electron chi connectivity index (χ4n) is 2.14. The van der Waals surface area contributed by atoms with Crippen LogP contribution in [0, 0.1) is 0 Å². The van der Waals surface area contributed by atoms with Crippen molar-refractivity contribution in [3.8, 4) is 0 Å². The maximum absolute atomic E-state index is 12.2. The van der Waals surface area contributed by atoms with E-state index in [1.54, 1.807) is 4.90 Å². The smallest absolute Gasteiger partial charge is 0.255 e. The van der Waals surface area contributed by atoms with Crippen LogP contribution in [0.4, 0.5) is 0 Å². The van der Waals surface area contributed by atoms with Crippen LogP contribution >= 0.6 is 11.6 Å². The van der Waals surface area contributed by atoms with E-state index >= 15 is 0 Å². The molecule has 0 saturated carbocycles. The Morgan fingerprint density at radius 1 is 1.45 bits per heavy atom. The van der Waals surface area contributed by atoms with E-state index in [1.165, 1.54) is 10.6 Å². The highest BCUT2D eigenvalue weighted by Crippen LogP contribution is 2.13. The van der Waals surface area contributed by atoms with Crippen molar-refractivity contribution < 1.29 is 9.53 Å². The molecule has 0 spiro atoms. The number of halogens is 1. The van der Waals surface area contributed by atoms with Crippen molar-refractivity contribution in [2.45, 2.75) is 26.3 Å². The Morgan fingerprint density at radius 2 is 2.10 bits per heavy atom. The molecule has 2 heterocycles. The summed E-state index contributed by atoms with van der Waals surface area (Å²) >= 11 is 5.82. The van der Waals surface area contributed by atoms with Gasteiger partial charge in [-0.2, -0.15) is 0 Å². The molecule has 0 aromatic carbocycles. The number of morpholine rings is 1. The van der Waals surface area contributed by atoms with Gasteiger partial charge in [0.25, 0.3) is 5.56 Å². The lowest BCUT2D eigenvalue weighted by Crippen LogP contribution is -2.44. The Balaban J connectivity index is 2.24. The van der Waals surface area contributed by atoms with Crippen molar-refractivity contribution in [3.05, 3.63) is 27.4 Å². The fourth-order valence-corrected chi connectivity index (χ4v) is 2.32. The zero-order chi connectivity index (χ0) is 14.7. The highest BCUT2D eigenvalue weighted by Gasteiger charge is 2.20. The van der Waals surface area contributed by atoms with Crippen LogP contribution in [0.25, 0.3) is 0 Å². The van der Waals surface area contributed by atoms with E-state index in [0.29, 0.717) is 32.1 Å². The van der Waals surface area contributed by atoms with Gasteiger partial charge >= 0.3 is 0 Å². The molecule has 2 rings (SSSR count). The zero-order valence-corrected chi connectivity index (χ0v) is 12.4. The normalized spacial score (nSPS) is 15.7. The highest BCUT2D eigenvalue weighted by molar-refractivity contribution is 6.29. The molecule has 20 heavy (non-hydrogen) atoms. The largest absolute Gasteiger partial charge is 0.378 e. The quantitative estimate of drug-likeness (QED) is 0.777. The third-order valence-corrected chi connectivity index (χ3v) is 3.37. The van der Waals surface area contributed by atoms with Crippen LogP contribution in [0.5, 0.6) is 0 Å². The van der Waals surface area contributed by atoms with Crippen molar-refractivity contribution in [1.82, 2.24) is 14.5 Å². The van der Waals surface area contributed by atoms with Gasteiger partial charge in [0.05, 0.1) is 13.2 Å². The minimum absolute atomic E-state index is 0.00346. The summed E-state index contributed by atoms with van der Waals surface area (Å²) in [4.78, 5) is 30.1. The average Bonchev–Trinajstić information content (AvgIpc) is 2.42. The summed E-state index contributed by atoms with van der Waals surface area (Å²) in [5, 5.41) is 0.161. The van der Waals surface area contributed by atoms with Gasteiger partial charge in [-0.15, -0.1) is 0 Å². The lowest BCUT2D eigenvalue weighted by molar-refractivity contribution is -0.136. The molecule has 0 radical (unpaired) electrons. The third kappa shape index (κ3) is 3.37. The van der Waals surface area contributed by atoms with Gasteiger partial charge in [0.1, 0.15) is 17.5 Å². The van der Waals surface area contributed by atoms with E-state index in [-0.39, 0.29) is 29.1 Å². The van der Waals surface area contributed by atoms with Gasteiger partial charge in [-0.05, 0) is 0 Å². The molecule has 0 atom stereocenters. The Morgan fingerprint density at radius 3 is 2.70 bits per heavy atom. The van der Waals surface area contributed by atoms with Crippen LogP contribution < -0.4 is 5.56 Å². The summed E-state index contributed by atoms with van der Waals surface area (Å²) in [6.07, 6.45) is 0. The highest BCUT2D eigenvalue weighted by atomic mass is 35.5. The van der Waals surface area contributed by atoms with Crippen molar-refractivity contribution >= 4 is 17.5 Å². The Kier molecular flexibility index (Phi) is 4.77. The van der Waals surface area contributed by atoms with Crippen LogP contribution in [0.2, 0.25) is 5.15 Å². The molecule has 7 heteroatoms. The zero-order valence-electron chi connectivity index (χ0n) is 11.6. The Hall–Kier alpha value is -1.40. The first-order chi connectivity index (χ1) is 9.49. The topological polar surface area (TPSA) is 64.4 Å². The first-order valence-electron chi connectivity index (χ1n) is 6.62. The fraction of sp³-hybridized carbons (Fsp3) is 0.615. The standard InChI is InChI=1S/C13H18ClN3O3/c1-9(2)13-15-10(14)7-11(18)17(13)8-12(19)16-3-5-20-6-4-16/h7,9H,3-6,8H2,1-2H3. The number of nitrogens with zero attached hydrogens (tertiary/aromatic N) is 3. The summed E-state index contributed by atoms with van der Waals surface area (Å²) in [6, 6.07) is 1.24. The molecule has 1 aliphatic rings. The number of amides is 1. The second-order valence-electron chi connectivity index (χ2n) is 5.01. The van der Waals surface area contributed by atoms with Crippen LogP contribution in [0.3, 0.4) is 0 Å². The monoisotopic (exact) mass is 299 g/mol. The summed E-state index contributed by atoms with van der Waals surface area (Å²) in [6.45, 7) is 6.02. The number of carbonyl (C=O) groups is 1. The summed E-state index contributed by atoms with van der Waals surface area (Å²) in [7, 11) is 0. The number of carbonyl (C=O) groups excluding carboxylic acids is 1. The molecule has 1 amide bonds. The van der Waals surface area contributed by atoms with Gasteiger partial charge < -0.3 is 9.64 Å². The molecule has 1 aromatic heterocycles. The minimum atomic E-state index is -0.296. The maximum atomic E-state index is 12.2. The summed E-state index contributed by atoms with van der Waals surface area (Å²) in [5.74, 6) is 0.449. The molecule has 0 aliphatic carbocycles. The van der Waals surface area contributed by atoms with Gasteiger partial charge in [0, 0.05) is 25.1 Å². The number of hydrogen-bond acceptors (Lipinski definition) is 4. The van der Waals surface area contributed by atoms with E-state index < -0.39 is 0 Å². The predicted octanol–water partition coefficient (Wildman–Crippen LogP) is 0.879. The molecule has 1 fully saturated rings. The molecule has 110 valence electrons. The van der Waals surface area contributed by atoms with Crippen molar-refractivity contribution in [2.24, 2.45) is 0 Å². The second kappa shape index (κ2) is 6.37. The van der Waals surface area contributed by atoms with Crippen LogP contribution in [-0.2, 0) is 16.1 Å². The van der Waals surface area contributed by atoms with Crippen molar-refractivity contribution in [2.75, 3.05) is 26.3 Å². The van der Waals surface area contributed by atoms with Crippen LogP contribution in [-0.4, -0.2) is 46.7 Å². The lowest BCUT2D eigenvalue weighted by Gasteiger charge is -2.27.